The number of methoxy groups -OCH3 is 1. The third-order valence-electron chi connectivity index (χ3n) is 12.4. The number of rotatable bonds is 1. The molecule has 10 aliphatic rings. The largest absolute Gasteiger partial charge is 0.373 e. The van der Waals surface area contributed by atoms with Crippen LogP contribution in [-0.4, -0.2) is 31.7 Å². The first-order valence-electron chi connectivity index (χ1n) is 11.5. The van der Waals surface area contributed by atoms with Gasteiger partial charge in [-0.25, -0.2) is 0 Å². The van der Waals surface area contributed by atoms with Gasteiger partial charge in [0.15, 0.2) is 6.29 Å². The van der Waals surface area contributed by atoms with Crippen LogP contribution in [0, 0.1) is 70.0 Å². The second-order valence-corrected chi connectivity index (χ2v) is 12.0. The van der Waals surface area contributed by atoms with Crippen molar-refractivity contribution in [2.75, 3.05) is 7.11 Å². The van der Waals surface area contributed by atoms with Crippen LogP contribution in [0.15, 0.2) is 0 Å². The van der Waals surface area contributed by atoms with E-state index in [1.165, 1.54) is 25.7 Å². The molecule has 3 heteroatoms. The molecular formula is C23H30O3. The van der Waals surface area contributed by atoms with Crippen LogP contribution in [0.2, 0.25) is 0 Å². The van der Waals surface area contributed by atoms with Crippen molar-refractivity contribution >= 4 is 0 Å². The van der Waals surface area contributed by atoms with Crippen molar-refractivity contribution in [1.29, 1.82) is 0 Å². The Bertz CT molecular complexity index is 748. The van der Waals surface area contributed by atoms with E-state index >= 15 is 0 Å². The van der Waals surface area contributed by atoms with Crippen molar-refractivity contribution in [3.63, 3.8) is 0 Å². The molecule has 10 fully saturated rings. The lowest BCUT2D eigenvalue weighted by Gasteiger charge is -2.62. The predicted molar refractivity (Wildman–Crippen MR) is 92.9 cm³/mol. The Morgan fingerprint density at radius 1 is 0.769 bits per heavy atom. The van der Waals surface area contributed by atoms with Crippen molar-refractivity contribution in [3.05, 3.63) is 0 Å². The quantitative estimate of drug-likeness (QED) is 0.723. The van der Waals surface area contributed by atoms with E-state index in [1.54, 1.807) is 0 Å². The van der Waals surface area contributed by atoms with Crippen LogP contribution in [0.25, 0.3) is 0 Å². The smallest absolute Gasteiger partial charge is 0.158 e. The minimum Gasteiger partial charge on any atom is -0.373 e. The van der Waals surface area contributed by atoms with Crippen molar-refractivity contribution in [1.82, 2.24) is 0 Å². The molecule has 0 aromatic heterocycles. The van der Waals surface area contributed by atoms with Gasteiger partial charge in [-0.1, -0.05) is 6.92 Å². The van der Waals surface area contributed by atoms with E-state index in [9.17, 15) is 0 Å². The molecule has 16 atom stereocenters. The van der Waals surface area contributed by atoms with Crippen molar-refractivity contribution in [3.8, 4) is 0 Å². The summed E-state index contributed by atoms with van der Waals surface area (Å²) in [6.45, 7) is 2.72. The minimum absolute atomic E-state index is 0.0166. The fraction of sp³-hybridized carbons (Fsp3) is 1.00. The van der Waals surface area contributed by atoms with Crippen molar-refractivity contribution in [2.24, 2.45) is 70.0 Å². The molecule has 3 nitrogen and oxygen atoms in total. The van der Waals surface area contributed by atoms with Gasteiger partial charge in [0.1, 0.15) is 0 Å². The number of hydrogen-bond acceptors (Lipinski definition) is 3. The van der Waals surface area contributed by atoms with E-state index in [1.807, 2.05) is 7.11 Å². The molecule has 0 N–H and O–H groups in total. The molecule has 9 bridgehead atoms. The molecule has 2 saturated heterocycles. The van der Waals surface area contributed by atoms with Crippen LogP contribution in [0.3, 0.4) is 0 Å². The van der Waals surface area contributed by atoms with E-state index < -0.39 is 0 Å². The molecule has 8 aliphatic carbocycles. The van der Waals surface area contributed by atoms with Gasteiger partial charge in [-0.3, -0.25) is 0 Å². The Morgan fingerprint density at radius 3 is 2.27 bits per heavy atom. The minimum atomic E-state index is 0.0166. The molecule has 0 aromatic carbocycles. The third kappa shape index (κ3) is 0.981. The zero-order valence-corrected chi connectivity index (χ0v) is 15.8. The van der Waals surface area contributed by atoms with Crippen LogP contribution >= 0.6 is 0 Å². The summed E-state index contributed by atoms with van der Waals surface area (Å²) in [5, 5.41) is 0. The van der Waals surface area contributed by atoms with E-state index in [0.29, 0.717) is 29.1 Å². The molecule has 2 aliphatic heterocycles. The first-order valence-corrected chi connectivity index (χ1v) is 11.5. The average molecular weight is 354 g/mol. The Balaban J connectivity index is 1.39. The van der Waals surface area contributed by atoms with Gasteiger partial charge in [0.05, 0.1) is 18.3 Å². The summed E-state index contributed by atoms with van der Waals surface area (Å²) < 4.78 is 19.8. The zero-order valence-electron chi connectivity index (χ0n) is 15.8. The van der Waals surface area contributed by atoms with E-state index in [4.69, 9.17) is 14.2 Å². The Kier molecular flexibility index (Phi) is 1.99. The van der Waals surface area contributed by atoms with Gasteiger partial charge < -0.3 is 14.2 Å². The molecule has 0 amide bonds. The second-order valence-electron chi connectivity index (χ2n) is 12.0. The highest BCUT2D eigenvalue weighted by Gasteiger charge is 2.93. The van der Waals surface area contributed by atoms with E-state index in [0.717, 1.165) is 65.6 Å². The standard InChI is InChI=1S/C23H30O3/c1-22-17-8-3-5-10-14(8)20-15(17)16-18-9-4-6-11(13(9)19(16)22)26-21(22)23(18,20)7-12(24-2)25-10/h8-21H,3-7H2,1-2H3/t8-,9-,10+,11+,12+,13-,14-,15+,16-,17+,18+,19-,20+,21+,22+,23+/m1/s1. The maximum Gasteiger partial charge on any atom is 0.158 e. The number of hydrogen-bond donors (Lipinski definition) is 0. The number of ether oxygens (including phenoxy) is 3. The molecule has 2 heterocycles. The highest BCUT2D eigenvalue weighted by molar-refractivity contribution is 5.40. The summed E-state index contributed by atoms with van der Waals surface area (Å²) in [6, 6.07) is 0. The topological polar surface area (TPSA) is 27.7 Å². The molecule has 0 aromatic rings. The van der Waals surface area contributed by atoms with E-state index in [-0.39, 0.29) is 6.29 Å². The maximum absolute atomic E-state index is 7.19. The molecule has 26 heavy (non-hydrogen) atoms. The van der Waals surface area contributed by atoms with Gasteiger partial charge in [0.25, 0.3) is 0 Å². The molecule has 8 saturated carbocycles. The van der Waals surface area contributed by atoms with Crippen molar-refractivity contribution < 1.29 is 14.2 Å². The van der Waals surface area contributed by atoms with Gasteiger partial charge in [-0.2, -0.15) is 0 Å². The lowest BCUT2D eigenvalue weighted by atomic mass is 9.48. The Morgan fingerprint density at radius 2 is 1.46 bits per heavy atom. The van der Waals surface area contributed by atoms with Gasteiger partial charge in [-0.15, -0.1) is 0 Å². The molecular weight excluding hydrogens is 324 g/mol. The summed E-state index contributed by atoms with van der Waals surface area (Å²) in [5.74, 6) is 9.56. The fourth-order valence-electron chi connectivity index (χ4n) is 13.1. The molecule has 10 rings (SSSR count). The first-order chi connectivity index (χ1) is 12.7. The summed E-state index contributed by atoms with van der Waals surface area (Å²) in [5.41, 5.74) is 0.872. The maximum atomic E-state index is 7.19. The normalized spacial score (nSPS) is 80.1. The summed E-state index contributed by atoms with van der Waals surface area (Å²) in [7, 11) is 1.89. The third-order valence-corrected chi connectivity index (χ3v) is 12.4. The Hall–Kier alpha value is -0.120. The molecule has 0 unspecified atom stereocenters. The van der Waals surface area contributed by atoms with Crippen LogP contribution < -0.4 is 0 Å². The van der Waals surface area contributed by atoms with Gasteiger partial charge >= 0.3 is 0 Å². The lowest BCUT2D eigenvalue weighted by Crippen LogP contribution is -2.64. The van der Waals surface area contributed by atoms with Crippen LogP contribution in [0.1, 0.15) is 39.0 Å². The van der Waals surface area contributed by atoms with Crippen LogP contribution in [0.5, 0.6) is 0 Å². The summed E-state index contributed by atoms with van der Waals surface area (Å²) in [6.07, 6.45) is 8.29. The highest BCUT2D eigenvalue weighted by atomic mass is 16.7. The van der Waals surface area contributed by atoms with Gasteiger partial charge in [0, 0.05) is 24.4 Å². The highest BCUT2D eigenvalue weighted by Crippen LogP contribution is 2.93. The summed E-state index contributed by atoms with van der Waals surface area (Å²) >= 11 is 0. The zero-order chi connectivity index (χ0) is 16.7. The second kappa shape index (κ2) is 3.71. The van der Waals surface area contributed by atoms with Gasteiger partial charge in [0.2, 0.25) is 0 Å². The van der Waals surface area contributed by atoms with Crippen molar-refractivity contribution in [2.45, 2.75) is 63.6 Å². The average Bonchev–Trinajstić information content (AvgIpc) is 3.34. The molecule has 1 spiro atoms. The Labute approximate surface area is 155 Å². The molecule has 140 valence electrons. The fourth-order valence-corrected chi connectivity index (χ4v) is 13.1. The molecule has 0 radical (unpaired) electrons. The van der Waals surface area contributed by atoms with Crippen LogP contribution in [0.4, 0.5) is 0 Å². The monoisotopic (exact) mass is 354 g/mol. The summed E-state index contributed by atoms with van der Waals surface area (Å²) in [4.78, 5) is 0. The predicted octanol–water partition coefficient (Wildman–Crippen LogP) is 3.33. The van der Waals surface area contributed by atoms with Gasteiger partial charge in [-0.05, 0) is 84.9 Å². The van der Waals surface area contributed by atoms with E-state index in [2.05, 4.69) is 6.92 Å². The van der Waals surface area contributed by atoms with Crippen LogP contribution in [-0.2, 0) is 14.2 Å². The first kappa shape index (κ1) is 14.0. The lowest BCUT2D eigenvalue weighted by molar-refractivity contribution is -0.265. The SMILES string of the molecule is CO[C@@H]1C[C@]23[C@@H]4[C@H]5[C@H]6[C@H]7[C@@H]8[C@@H](CC[C@@H]8O[C@H]2[C@@]7(C)[C@H]5[C@@H]2CC[C@H](O1)[C@@H]24)[C@@H]63.